The summed E-state index contributed by atoms with van der Waals surface area (Å²) in [5.41, 5.74) is 3.13. The van der Waals surface area contributed by atoms with Crippen molar-refractivity contribution < 1.29 is 14.3 Å². The third kappa shape index (κ3) is 5.28. The second kappa shape index (κ2) is 9.43. The zero-order valence-corrected chi connectivity index (χ0v) is 17.8. The maximum Gasteiger partial charge on any atom is 0.224 e. The number of halogens is 1. The van der Waals surface area contributed by atoms with Gasteiger partial charge in [-0.15, -0.1) is 0 Å². The molecule has 0 atom stereocenters. The number of benzene rings is 2. The molecule has 2 aliphatic rings. The monoisotopic (exact) mass is 426 g/mol. The van der Waals surface area contributed by atoms with Gasteiger partial charge in [0, 0.05) is 30.2 Å². The summed E-state index contributed by atoms with van der Waals surface area (Å²) < 4.78 is 11.9. The largest absolute Gasteiger partial charge is 0.493 e. The number of piperidine rings is 1. The molecule has 0 aromatic heterocycles. The molecule has 0 saturated carbocycles. The molecule has 1 fully saturated rings. The van der Waals surface area contributed by atoms with Crippen molar-refractivity contribution >= 4 is 23.2 Å². The Kier molecular flexibility index (Phi) is 6.48. The third-order valence-electron chi connectivity index (χ3n) is 5.74. The summed E-state index contributed by atoms with van der Waals surface area (Å²) in [6.07, 6.45) is 3.41. The number of nitrogens with one attached hydrogen (secondary N) is 1. The van der Waals surface area contributed by atoms with E-state index in [0.717, 1.165) is 65.8 Å². The van der Waals surface area contributed by atoms with E-state index in [1.807, 2.05) is 36.4 Å². The van der Waals surface area contributed by atoms with Crippen molar-refractivity contribution in [3.05, 3.63) is 71.1 Å². The van der Waals surface area contributed by atoms with Crippen LogP contribution in [0.1, 0.15) is 30.4 Å². The zero-order valence-electron chi connectivity index (χ0n) is 17.0. The average molecular weight is 427 g/mol. The molecule has 4 rings (SSSR count). The lowest BCUT2D eigenvalue weighted by atomic mass is 9.98. The van der Waals surface area contributed by atoms with Gasteiger partial charge in [0.05, 0.1) is 6.61 Å². The van der Waals surface area contributed by atoms with Gasteiger partial charge in [0.25, 0.3) is 0 Å². The first-order chi connectivity index (χ1) is 14.6. The number of rotatable bonds is 7. The molecule has 0 bridgehead atoms. The second-order valence-corrected chi connectivity index (χ2v) is 8.35. The Bertz CT molecular complexity index is 905. The molecular formula is C24H27ClN2O3. The SMILES string of the molecule is C=C(OCc1ccc(Cl)cc1)N1CCC(COc2ccc3c(c2)CCC(=O)N3)CC1. The number of ether oxygens (including phenoxy) is 2. The molecule has 6 heteroatoms. The fourth-order valence-corrected chi connectivity index (χ4v) is 3.98. The lowest BCUT2D eigenvalue weighted by molar-refractivity contribution is -0.116. The number of hydrogen-bond donors (Lipinski definition) is 1. The Morgan fingerprint density at radius 1 is 1.13 bits per heavy atom. The predicted octanol–water partition coefficient (Wildman–Crippen LogP) is 5.00. The number of fused-ring (bicyclic) bond motifs is 1. The Hall–Kier alpha value is -2.66. The van der Waals surface area contributed by atoms with Crippen LogP contribution in [0.2, 0.25) is 5.02 Å². The van der Waals surface area contributed by atoms with Crippen LogP contribution in [0, 0.1) is 5.92 Å². The number of aryl methyl sites for hydroxylation is 1. The number of amides is 1. The van der Waals surface area contributed by atoms with Crippen molar-refractivity contribution in [1.29, 1.82) is 0 Å². The topological polar surface area (TPSA) is 50.8 Å². The van der Waals surface area contributed by atoms with E-state index in [-0.39, 0.29) is 5.91 Å². The molecule has 2 aromatic rings. The lowest BCUT2D eigenvalue weighted by Crippen LogP contribution is -2.35. The molecule has 1 saturated heterocycles. The average Bonchev–Trinajstić information content (AvgIpc) is 2.77. The van der Waals surface area contributed by atoms with Gasteiger partial charge in [-0.2, -0.15) is 0 Å². The van der Waals surface area contributed by atoms with Crippen molar-refractivity contribution in [2.75, 3.05) is 25.0 Å². The van der Waals surface area contributed by atoms with Crippen molar-refractivity contribution in [2.45, 2.75) is 32.3 Å². The van der Waals surface area contributed by atoms with Gasteiger partial charge in [-0.05, 0) is 73.2 Å². The van der Waals surface area contributed by atoms with Gasteiger partial charge in [-0.25, -0.2) is 0 Å². The Morgan fingerprint density at radius 2 is 1.90 bits per heavy atom. The Balaban J connectivity index is 1.19. The van der Waals surface area contributed by atoms with Crippen molar-refractivity contribution in [3.8, 4) is 5.75 Å². The maximum atomic E-state index is 11.5. The molecule has 158 valence electrons. The molecule has 1 N–H and O–H groups in total. The minimum atomic E-state index is 0.0849. The van der Waals surface area contributed by atoms with Crippen molar-refractivity contribution in [2.24, 2.45) is 5.92 Å². The van der Waals surface area contributed by atoms with Crippen LogP contribution >= 0.6 is 11.6 Å². The van der Waals surface area contributed by atoms with E-state index in [1.54, 1.807) is 0 Å². The van der Waals surface area contributed by atoms with Gasteiger partial charge in [-0.1, -0.05) is 23.7 Å². The van der Waals surface area contributed by atoms with Crippen LogP contribution in [0.4, 0.5) is 5.69 Å². The van der Waals surface area contributed by atoms with Gasteiger partial charge in [0.1, 0.15) is 12.4 Å². The summed E-state index contributed by atoms with van der Waals surface area (Å²) in [5.74, 6) is 2.20. The minimum Gasteiger partial charge on any atom is -0.493 e. The molecule has 0 aliphatic carbocycles. The Labute approximate surface area is 182 Å². The van der Waals surface area contributed by atoms with Crippen molar-refractivity contribution in [1.82, 2.24) is 4.90 Å². The van der Waals surface area contributed by atoms with Crippen LogP contribution < -0.4 is 10.1 Å². The van der Waals surface area contributed by atoms with Crippen LogP contribution in [0.15, 0.2) is 54.9 Å². The highest BCUT2D eigenvalue weighted by molar-refractivity contribution is 6.30. The number of nitrogens with zero attached hydrogens (tertiary/aromatic N) is 1. The minimum absolute atomic E-state index is 0.0849. The van der Waals surface area contributed by atoms with Crippen LogP contribution in [0.25, 0.3) is 0 Å². The fourth-order valence-electron chi connectivity index (χ4n) is 3.85. The van der Waals surface area contributed by atoms with E-state index < -0.39 is 0 Å². The summed E-state index contributed by atoms with van der Waals surface area (Å²) in [5, 5.41) is 3.63. The van der Waals surface area contributed by atoms with Crippen molar-refractivity contribution in [3.63, 3.8) is 0 Å². The van der Waals surface area contributed by atoms with E-state index in [2.05, 4.69) is 22.9 Å². The normalized spacial score (nSPS) is 16.6. The highest BCUT2D eigenvalue weighted by Crippen LogP contribution is 2.28. The molecule has 30 heavy (non-hydrogen) atoms. The number of hydrogen-bond acceptors (Lipinski definition) is 4. The third-order valence-corrected chi connectivity index (χ3v) is 6.00. The van der Waals surface area contributed by atoms with Crippen LogP contribution in [0.3, 0.4) is 0 Å². The molecule has 2 heterocycles. The molecule has 2 aliphatic heterocycles. The van der Waals surface area contributed by atoms with Gasteiger partial charge < -0.3 is 19.7 Å². The molecule has 0 radical (unpaired) electrons. The number of carbonyl (C=O) groups excluding carboxylic acids is 1. The molecule has 0 unspecified atom stereocenters. The van der Waals surface area contributed by atoms with E-state index in [9.17, 15) is 4.79 Å². The second-order valence-electron chi connectivity index (χ2n) is 7.92. The van der Waals surface area contributed by atoms with Crippen LogP contribution in [-0.4, -0.2) is 30.5 Å². The van der Waals surface area contributed by atoms with Crippen LogP contribution in [0.5, 0.6) is 5.75 Å². The molecular weight excluding hydrogens is 400 g/mol. The molecule has 1 amide bonds. The lowest BCUT2D eigenvalue weighted by Gasteiger charge is -2.34. The first-order valence-electron chi connectivity index (χ1n) is 10.4. The number of anilines is 1. The highest BCUT2D eigenvalue weighted by atomic mass is 35.5. The summed E-state index contributed by atoms with van der Waals surface area (Å²) in [6, 6.07) is 13.6. The summed E-state index contributed by atoms with van der Waals surface area (Å²) >= 11 is 5.92. The smallest absolute Gasteiger partial charge is 0.224 e. The maximum absolute atomic E-state index is 11.5. The first-order valence-corrected chi connectivity index (χ1v) is 10.8. The van der Waals surface area contributed by atoms with E-state index in [1.165, 1.54) is 0 Å². The zero-order chi connectivity index (χ0) is 20.9. The van der Waals surface area contributed by atoms with Crippen LogP contribution in [-0.2, 0) is 22.6 Å². The first kappa shape index (κ1) is 20.6. The van der Waals surface area contributed by atoms with Gasteiger partial charge in [-0.3, -0.25) is 4.79 Å². The Morgan fingerprint density at radius 3 is 2.67 bits per heavy atom. The van der Waals surface area contributed by atoms with Gasteiger partial charge >= 0.3 is 0 Å². The fraction of sp³-hybridized carbons (Fsp3) is 0.375. The predicted molar refractivity (Wildman–Crippen MR) is 119 cm³/mol. The molecule has 0 spiro atoms. The van der Waals surface area contributed by atoms with E-state index in [0.29, 0.717) is 25.6 Å². The number of likely N-dealkylation sites (tertiary alicyclic amines) is 1. The van der Waals surface area contributed by atoms with Gasteiger partial charge in [0.15, 0.2) is 5.88 Å². The van der Waals surface area contributed by atoms with Gasteiger partial charge in [0.2, 0.25) is 5.91 Å². The standard InChI is InChI=1S/C24H27ClN2O3/c1-17(29-15-18-2-5-21(25)6-3-18)27-12-10-19(11-13-27)16-30-22-7-8-23-20(14-22)4-9-24(28)26-23/h2-3,5-8,14,19H,1,4,9-13,15-16H2,(H,26,28). The van der Waals surface area contributed by atoms with E-state index >= 15 is 0 Å². The highest BCUT2D eigenvalue weighted by Gasteiger charge is 2.22. The molecule has 5 nitrogen and oxygen atoms in total. The molecule has 2 aromatic carbocycles. The number of carbonyl (C=O) groups is 1. The quantitative estimate of drug-likeness (QED) is 0.633. The summed E-state index contributed by atoms with van der Waals surface area (Å²) in [6.45, 7) is 7.14. The van der Waals surface area contributed by atoms with E-state index in [4.69, 9.17) is 21.1 Å². The summed E-state index contributed by atoms with van der Waals surface area (Å²) in [4.78, 5) is 13.7. The summed E-state index contributed by atoms with van der Waals surface area (Å²) in [7, 11) is 0.